The molecule has 0 saturated carbocycles. The van der Waals surface area contributed by atoms with E-state index in [1.54, 1.807) is 13.1 Å². The molecule has 2 rings (SSSR count). The number of benzene rings is 1. The van der Waals surface area contributed by atoms with Gasteiger partial charge in [0.25, 0.3) is 0 Å². The molecule has 1 aromatic rings. The Hall–Kier alpha value is -1.70. The van der Waals surface area contributed by atoms with Crippen molar-refractivity contribution in [1.82, 2.24) is 14.7 Å². The van der Waals surface area contributed by atoms with E-state index >= 15 is 0 Å². The van der Waals surface area contributed by atoms with Crippen molar-refractivity contribution >= 4 is 23.5 Å². The van der Waals surface area contributed by atoms with Gasteiger partial charge in [0.2, 0.25) is 5.91 Å². The van der Waals surface area contributed by atoms with E-state index in [4.69, 9.17) is 16.7 Å². The monoisotopic (exact) mass is 385 g/mol. The highest BCUT2D eigenvalue weighted by molar-refractivity contribution is 6.31. The van der Waals surface area contributed by atoms with Crippen molar-refractivity contribution in [2.24, 2.45) is 0 Å². The number of hydrogen-bond acceptors (Lipinski definition) is 4. The first-order chi connectivity index (χ1) is 12.3. The molecule has 0 radical (unpaired) electrons. The van der Waals surface area contributed by atoms with E-state index in [-0.39, 0.29) is 31.6 Å². The Kier molecular flexibility index (Phi) is 7.37. The summed E-state index contributed by atoms with van der Waals surface area (Å²) in [4.78, 5) is 28.6. The van der Waals surface area contributed by atoms with Gasteiger partial charge in [0, 0.05) is 43.3 Å². The van der Waals surface area contributed by atoms with Crippen molar-refractivity contribution < 1.29 is 19.1 Å². The minimum absolute atomic E-state index is 0.0235. The molecule has 0 atom stereocenters. The molecule has 0 unspecified atom stereocenters. The van der Waals surface area contributed by atoms with Gasteiger partial charge in [-0.05, 0) is 32.0 Å². The number of aliphatic carboxylic acids is 1. The normalized spacial score (nSPS) is 16.0. The van der Waals surface area contributed by atoms with Crippen LogP contribution in [-0.2, 0) is 16.1 Å². The molecule has 8 heteroatoms. The van der Waals surface area contributed by atoms with Gasteiger partial charge in [-0.1, -0.05) is 17.7 Å². The number of piperidine rings is 1. The zero-order chi connectivity index (χ0) is 19.3. The lowest BCUT2D eigenvalue weighted by Crippen LogP contribution is -2.47. The molecule has 0 spiro atoms. The standard InChI is InChI=1S/C18H25ClFN3O3/c1-21(12-18(25)26)13-6-8-23(9-7-13)11-17(24)22(2)10-14-15(19)4-3-5-16(14)20/h3-5,13H,6-12H2,1-2H3,(H,25,26). The zero-order valence-corrected chi connectivity index (χ0v) is 15.9. The van der Waals surface area contributed by atoms with Crippen LogP contribution in [0.15, 0.2) is 18.2 Å². The summed E-state index contributed by atoms with van der Waals surface area (Å²) in [5.74, 6) is -1.35. The van der Waals surface area contributed by atoms with Crippen LogP contribution in [0.4, 0.5) is 4.39 Å². The molecule has 1 amide bonds. The smallest absolute Gasteiger partial charge is 0.317 e. The molecule has 1 aliphatic heterocycles. The summed E-state index contributed by atoms with van der Waals surface area (Å²) in [6.07, 6.45) is 1.64. The molecule has 1 heterocycles. The van der Waals surface area contributed by atoms with Gasteiger partial charge in [-0.3, -0.25) is 19.4 Å². The topological polar surface area (TPSA) is 64.1 Å². The SMILES string of the molecule is CN(Cc1c(F)cccc1Cl)C(=O)CN1CCC(N(C)CC(=O)O)CC1. The first-order valence-electron chi connectivity index (χ1n) is 8.59. The van der Waals surface area contributed by atoms with Crippen molar-refractivity contribution in [2.45, 2.75) is 25.4 Å². The lowest BCUT2D eigenvalue weighted by molar-refractivity contribution is -0.138. The number of likely N-dealkylation sites (N-methyl/N-ethyl adjacent to an activating group) is 2. The lowest BCUT2D eigenvalue weighted by atomic mass is 10.0. The van der Waals surface area contributed by atoms with Gasteiger partial charge in [-0.2, -0.15) is 0 Å². The Bertz CT molecular complexity index is 630. The largest absolute Gasteiger partial charge is 0.480 e. The molecule has 6 nitrogen and oxygen atoms in total. The number of carboxylic acid groups (broad SMARTS) is 1. The summed E-state index contributed by atoms with van der Waals surface area (Å²) in [6.45, 7) is 1.87. The van der Waals surface area contributed by atoms with E-state index in [1.807, 2.05) is 16.8 Å². The van der Waals surface area contributed by atoms with Crippen LogP contribution in [-0.4, -0.2) is 78.0 Å². The maximum Gasteiger partial charge on any atom is 0.317 e. The molecule has 1 N–H and O–H groups in total. The number of carbonyl (C=O) groups excluding carboxylic acids is 1. The fraction of sp³-hybridized carbons (Fsp3) is 0.556. The third-order valence-corrected chi connectivity index (χ3v) is 5.16. The van der Waals surface area contributed by atoms with Crippen molar-refractivity contribution in [3.63, 3.8) is 0 Å². The average molecular weight is 386 g/mol. The quantitative estimate of drug-likeness (QED) is 0.776. The van der Waals surface area contributed by atoms with Gasteiger partial charge in [-0.15, -0.1) is 0 Å². The molecule has 1 saturated heterocycles. The molecule has 26 heavy (non-hydrogen) atoms. The number of halogens is 2. The highest BCUT2D eigenvalue weighted by Gasteiger charge is 2.25. The first kappa shape index (κ1) is 20.6. The second-order valence-corrected chi connectivity index (χ2v) is 7.17. The van der Waals surface area contributed by atoms with Gasteiger partial charge < -0.3 is 10.0 Å². The van der Waals surface area contributed by atoms with E-state index in [9.17, 15) is 14.0 Å². The number of amides is 1. The number of nitrogens with zero attached hydrogens (tertiary/aromatic N) is 3. The van der Waals surface area contributed by atoms with Crippen LogP contribution in [0.2, 0.25) is 5.02 Å². The fourth-order valence-electron chi connectivity index (χ4n) is 3.18. The van der Waals surface area contributed by atoms with Crippen LogP contribution >= 0.6 is 11.6 Å². The third-order valence-electron chi connectivity index (χ3n) is 4.81. The fourth-order valence-corrected chi connectivity index (χ4v) is 3.40. The maximum absolute atomic E-state index is 13.9. The molecule has 0 aliphatic carbocycles. The second kappa shape index (κ2) is 9.30. The third kappa shape index (κ3) is 5.65. The number of hydrogen-bond donors (Lipinski definition) is 1. The van der Waals surface area contributed by atoms with E-state index in [2.05, 4.69) is 0 Å². The Morgan fingerprint density at radius 2 is 1.96 bits per heavy atom. The van der Waals surface area contributed by atoms with E-state index in [1.165, 1.54) is 17.0 Å². The number of carbonyl (C=O) groups is 2. The Labute approximate surface area is 158 Å². The van der Waals surface area contributed by atoms with Gasteiger partial charge in [0.05, 0.1) is 13.1 Å². The van der Waals surface area contributed by atoms with E-state index < -0.39 is 11.8 Å². The maximum atomic E-state index is 13.9. The molecular formula is C18H25ClFN3O3. The lowest BCUT2D eigenvalue weighted by Gasteiger charge is -2.36. The number of rotatable bonds is 7. The van der Waals surface area contributed by atoms with E-state index in [0.29, 0.717) is 10.6 Å². The summed E-state index contributed by atoms with van der Waals surface area (Å²) in [6, 6.07) is 4.69. The summed E-state index contributed by atoms with van der Waals surface area (Å²) in [5.41, 5.74) is 0.319. The van der Waals surface area contributed by atoms with Crippen molar-refractivity contribution in [2.75, 3.05) is 40.3 Å². The van der Waals surface area contributed by atoms with Gasteiger partial charge >= 0.3 is 5.97 Å². The summed E-state index contributed by atoms with van der Waals surface area (Å²) in [7, 11) is 3.45. The van der Waals surface area contributed by atoms with Crippen LogP contribution in [0.3, 0.4) is 0 Å². The second-order valence-electron chi connectivity index (χ2n) is 6.77. The summed E-state index contributed by atoms with van der Waals surface area (Å²) in [5, 5.41) is 9.18. The molecule has 1 aromatic carbocycles. The van der Waals surface area contributed by atoms with Crippen molar-refractivity contribution in [1.29, 1.82) is 0 Å². The molecule has 1 fully saturated rings. The van der Waals surface area contributed by atoms with Gasteiger partial charge in [0.15, 0.2) is 0 Å². The Balaban J connectivity index is 1.82. The van der Waals surface area contributed by atoms with Crippen LogP contribution < -0.4 is 0 Å². The Morgan fingerprint density at radius 1 is 1.31 bits per heavy atom. The van der Waals surface area contributed by atoms with Crippen LogP contribution in [0.1, 0.15) is 18.4 Å². The average Bonchev–Trinajstić information content (AvgIpc) is 2.58. The molecule has 144 valence electrons. The Morgan fingerprint density at radius 3 is 2.54 bits per heavy atom. The molecular weight excluding hydrogens is 361 g/mol. The molecule has 0 aromatic heterocycles. The van der Waals surface area contributed by atoms with Crippen LogP contribution in [0.5, 0.6) is 0 Å². The summed E-state index contributed by atoms with van der Waals surface area (Å²) < 4.78 is 13.9. The number of likely N-dealkylation sites (tertiary alicyclic amines) is 1. The summed E-state index contributed by atoms with van der Waals surface area (Å²) >= 11 is 6.02. The minimum Gasteiger partial charge on any atom is -0.480 e. The number of carboxylic acids is 1. The first-order valence-corrected chi connectivity index (χ1v) is 8.97. The predicted octanol–water partition coefficient (Wildman–Crippen LogP) is 1.92. The van der Waals surface area contributed by atoms with Gasteiger partial charge in [0.1, 0.15) is 5.82 Å². The minimum atomic E-state index is -0.835. The molecule has 0 bridgehead atoms. The zero-order valence-electron chi connectivity index (χ0n) is 15.1. The highest BCUT2D eigenvalue weighted by atomic mass is 35.5. The van der Waals surface area contributed by atoms with Crippen molar-refractivity contribution in [3.05, 3.63) is 34.6 Å². The van der Waals surface area contributed by atoms with Gasteiger partial charge in [-0.25, -0.2) is 4.39 Å². The van der Waals surface area contributed by atoms with E-state index in [0.717, 1.165) is 25.9 Å². The molecule has 1 aliphatic rings. The van der Waals surface area contributed by atoms with Crippen LogP contribution in [0, 0.1) is 5.82 Å². The van der Waals surface area contributed by atoms with Crippen LogP contribution in [0.25, 0.3) is 0 Å². The van der Waals surface area contributed by atoms with Crippen molar-refractivity contribution in [3.8, 4) is 0 Å². The highest BCUT2D eigenvalue weighted by Crippen LogP contribution is 2.21. The predicted molar refractivity (Wildman–Crippen MR) is 97.6 cm³/mol.